The minimum atomic E-state index is -0.446. The summed E-state index contributed by atoms with van der Waals surface area (Å²) in [5, 5.41) is 20.6. The van der Waals surface area contributed by atoms with Gasteiger partial charge >= 0.3 is 0 Å². The van der Waals surface area contributed by atoms with Crippen LogP contribution in [0.3, 0.4) is 0 Å². The zero-order chi connectivity index (χ0) is 28.2. The Balaban J connectivity index is 1.54. The summed E-state index contributed by atoms with van der Waals surface area (Å²) in [6, 6.07) is 7.56. The molecule has 1 aromatic carbocycles. The topological polar surface area (TPSA) is 147 Å². The van der Waals surface area contributed by atoms with Gasteiger partial charge in [0.1, 0.15) is 11.8 Å². The first-order valence-electron chi connectivity index (χ1n) is 13.0. The van der Waals surface area contributed by atoms with Crippen LogP contribution < -0.4 is 20.9 Å². The summed E-state index contributed by atoms with van der Waals surface area (Å²) < 4.78 is 6.87. The van der Waals surface area contributed by atoms with Crippen LogP contribution in [0.15, 0.2) is 30.6 Å². The van der Waals surface area contributed by atoms with Gasteiger partial charge in [-0.1, -0.05) is 45.2 Å². The monoisotopic (exact) mass is 530 g/mol. The fourth-order valence-corrected chi connectivity index (χ4v) is 4.52. The number of ether oxygens (including phenoxy) is 1. The zero-order valence-electron chi connectivity index (χ0n) is 23.0. The number of benzene rings is 1. The van der Waals surface area contributed by atoms with E-state index in [1.807, 2.05) is 20.8 Å². The summed E-state index contributed by atoms with van der Waals surface area (Å²) in [5.74, 6) is -0.614. The van der Waals surface area contributed by atoms with Crippen LogP contribution in [0, 0.1) is 18.3 Å². The Bertz CT molecular complexity index is 1410. The van der Waals surface area contributed by atoms with E-state index in [-0.39, 0.29) is 39.9 Å². The lowest BCUT2D eigenvalue weighted by molar-refractivity contribution is 0.0914. The Morgan fingerprint density at radius 2 is 1.87 bits per heavy atom. The number of nitrogens with zero attached hydrogens (tertiary/aromatic N) is 5. The molecule has 11 nitrogen and oxygen atoms in total. The molecule has 0 saturated heterocycles. The average Bonchev–Trinajstić information content (AvgIpc) is 3.42. The van der Waals surface area contributed by atoms with E-state index in [1.165, 1.54) is 30.6 Å². The van der Waals surface area contributed by atoms with Gasteiger partial charge in [-0.25, -0.2) is 10.1 Å². The molecule has 204 valence electrons. The van der Waals surface area contributed by atoms with Crippen LogP contribution in [-0.2, 0) is 5.41 Å². The summed E-state index contributed by atoms with van der Waals surface area (Å²) >= 11 is 0. The predicted molar refractivity (Wildman–Crippen MR) is 146 cm³/mol. The molecule has 2 heterocycles. The van der Waals surface area contributed by atoms with Crippen LogP contribution in [0.5, 0.6) is 5.75 Å². The fourth-order valence-electron chi connectivity index (χ4n) is 4.52. The number of pyridine rings is 1. The summed E-state index contributed by atoms with van der Waals surface area (Å²) in [7, 11) is 1.43. The average molecular weight is 531 g/mol. The van der Waals surface area contributed by atoms with Gasteiger partial charge < -0.3 is 10.1 Å². The van der Waals surface area contributed by atoms with Gasteiger partial charge in [0.15, 0.2) is 5.69 Å². The maximum atomic E-state index is 13.3. The number of nitriles is 1. The Labute approximate surface area is 227 Å². The van der Waals surface area contributed by atoms with Crippen LogP contribution in [-0.4, -0.2) is 44.9 Å². The second kappa shape index (κ2) is 11.6. The number of anilines is 1. The number of nitrogens with one attached hydrogen (secondary N) is 3. The molecule has 0 atom stereocenters. The number of rotatable bonds is 7. The number of hydrogen-bond acceptors (Lipinski definition) is 8. The molecule has 0 bridgehead atoms. The first-order valence-corrected chi connectivity index (χ1v) is 13.0. The number of carbonyl (C=O) groups is 2. The molecular formula is C28H34N8O3. The molecule has 11 heteroatoms. The van der Waals surface area contributed by atoms with Crippen molar-refractivity contribution >= 4 is 17.5 Å². The number of hydrogen-bond donors (Lipinski definition) is 3. The highest BCUT2D eigenvalue weighted by Gasteiger charge is 2.24. The van der Waals surface area contributed by atoms with Crippen molar-refractivity contribution < 1.29 is 14.3 Å². The molecule has 1 saturated carbocycles. The number of hydrazine groups is 1. The van der Waals surface area contributed by atoms with Crippen molar-refractivity contribution in [2.24, 2.45) is 0 Å². The van der Waals surface area contributed by atoms with Gasteiger partial charge in [-0.05, 0) is 48.9 Å². The normalized spacial score (nSPS) is 13.9. The molecule has 2 aromatic heterocycles. The first-order chi connectivity index (χ1) is 18.6. The Morgan fingerprint density at radius 3 is 2.54 bits per heavy atom. The molecule has 0 aliphatic heterocycles. The lowest BCUT2D eigenvalue weighted by atomic mass is 9.84. The van der Waals surface area contributed by atoms with E-state index in [1.54, 1.807) is 25.1 Å². The number of carbonyl (C=O) groups excluding carboxylic acids is 2. The minimum Gasteiger partial charge on any atom is -0.495 e. The van der Waals surface area contributed by atoms with Gasteiger partial charge in [0.05, 0.1) is 47.7 Å². The lowest BCUT2D eigenvalue weighted by Crippen LogP contribution is -2.45. The van der Waals surface area contributed by atoms with Crippen LogP contribution in [0.2, 0.25) is 0 Å². The second-order valence-corrected chi connectivity index (χ2v) is 10.7. The summed E-state index contributed by atoms with van der Waals surface area (Å²) in [4.78, 5) is 30.3. The highest BCUT2D eigenvalue weighted by molar-refractivity contribution is 6.07. The van der Waals surface area contributed by atoms with Crippen molar-refractivity contribution in [3.8, 4) is 17.5 Å². The van der Waals surface area contributed by atoms with Crippen LogP contribution in [0.25, 0.3) is 5.69 Å². The van der Waals surface area contributed by atoms with E-state index in [0.29, 0.717) is 17.1 Å². The Kier molecular flexibility index (Phi) is 8.26. The fraction of sp³-hybridized carbons (Fsp3) is 0.429. The van der Waals surface area contributed by atoms with Gasteiger partial charge in [0, 0.05) is 6.04 Å². The molecule has 0 spiro atoms. The predicted octanol–water partition coefficient (Wildman–Crippen LogP) is 3.97. The number of methoxy groups -OCH3 is 1. The third kappa shape index (κ3) is 6.41. The quantitative estimate of drug-likeness (QED) is 0.389. The van der Waals surface area contributed by atoms with E-state index >= 15 is 0 Å². The third-order valence-corrected chi connectivity index (χ3v) is 6.81. The molecule has 1 fully saturated rings. The molecular weight excluding hydrogens is 496 g/mol. The van der Waals surface area contributed by atoms with E-state index in [4.69, 9.17) is 4.74 Å². The minimum absolute atomic E-state index is 0.153. The summed E-state index contributed by atoms with van der Waals surface area (Å²) in [6.45, 7) is 7.81. The van der Waals surface area contributed by atoms with E-state index in [2.05, 4.69) is 37.5 Å². The highest BCUT2D eigenvalue weighted by Crippen LogP contribution is 2.32. The molecule has 3 aromatic rings. The summed E-state index contributed by atoms with van der Waals surface area (Å²) in [5.41, 5.74) is 8.63. The van der Waals surface area contributed by atoms with Gasteiger partial charge in [-0.2, -0.15) is 5.26 Å². The number of aromatic nitrogens is 4. The van der Waals surface area contributed by atoms with Crippen molar-refractivity contribution in [1.29, 1.82) is 5.26 Å². The number of amides is 2. The molecule has 2 amide bonds. The highest BCUT2D eigenvalue weighted by atomic mass is 16.5. The molecule has 39 heavy (non-hydrogen) atoms. The van der Waals surface area contributed by atoms with Gasteiger partial charge in [-0.15, -0.1) is 5.10 Å². The van der Waals surface area contributed by atoms with E-state index < -0.39 is 5.91 Å². The van der Waals surface area contributed by atoms with E-state index in [0.717, 1.165) is 31.2 Å². The summed E-state index contributed by atoms with van der Waals surface area (Å²) in [6.07, 6.45) is 8.63. The molecule has 1 aliphatic rings. The van der Waals surface area contributed by atoms with Crippen LogP contribution in [0.1, 0.15) is 90.5 Å². The smallest absolute Gasteiger partial charge is 0.287 e. The van der Waals surface area contributed by atoms with Crippen molar-refractivity contribution in [2.45, 2.75) is 71.3 Å². The van der Waals surface area contributed by atoms with Gasteiger partial charge in [0.2, 0.25) is 0 Å². The SMILES string of the molecule is COc1c(C#N)cc(C(C)(C)C)cc1C(=O)Nc1cnc(C)c(-n2cc(C(=O)NNC3CCCCC3)nn2)c1. The van der Waals surface area contributed by atoms with Gasteiger partial charge in [-0.3, -0.25) is 20.0 Å². The standard InChI is InChI=1S/C28H34N8O3/c1-17-24(36-16-23(33-35-36)27(38)34-32-20-9-7-6-8-10-20)13-21(15-30-17)31-26(37)22-12-19(28(2,3)4)11-18(14-29)25(22)39-5/h11-13,15-16,20,32H,6-10H2,1-5H3,(H,31,37)(H,34,38). The van der Waals surface area contributed by atoms with Crippen LogP contribution in [0.4, 0.5) is 5.69 Å². The van der Waals surface area contributed by atoms with Crippen molar-refractivity contribution in [3.05, 3.63) is 58.7 Å². The zero-order valence-corrected chi connectivity index (χ0v) is 23.0. The maximum Gasteiger partial charge on any atom is 0.287 e. The van der Waals surface area contributed by atoms with E-state index in [9.17, 15) is 14.9 Å². The Morgan fingerprint density at radius 1 is 1.13 bits per heavy atom. The largest absolute Gasteiger partial charge is 0.495 e. The van der Waals surface area contributed by atoms with Crippen molar-refractivity contribution in [3.63, 3.8) is 0 Å². The Hall–Kier alpha value is -4.30. The first kappa shape index (κ1) is 27.7. The van der Waals surface area contributed by atoms with Gasteiger partial charge in [0.25, 0.3) is 11.8 Å². The molecule has 0 unspecified atom stereocenters. The maximum absolute atomic E-state index is 13.3. The third-order valence-electron chi connectivity index (χ3n) is 6.81. The lowest BCUT2D eigenvalue weighted by Gasteiger charge is -2.22. The number of aryl methyl sites for hydroxylation is 1. The molecule has 0 radical (unpaired) electrons. The van der Waals surface area contributed by atoms with Crippen molar-refractivity contribution in [2.75, 3.05) is 12.4 Å². The van der Waals surface area contributed by atoms with Crippen LogP contribution >= 0.6 is 0 Å². The molecule has 3 N–H and O–H groups in total. The van der Waals surface area contributed by atoms with Crippen molar-refractivity contribution in [1.82, 2.24) is 30.8 Å². The molecule has 1 aliphatic carbocycles. The second-order valence-electron chi connectivity index (χ2n) is 10.7. The molecule has 4 rings (SSSR count).